The summed E-state index contributed by atoms with van der Waals surface area (Å²) in [5.41, 5.74) is 0. The number of urea groups is 2. The molecule has 0 saturated carbocycles. The van der Waals surface area contributed by atoms with Crippen LogP contribution in [0.3, 0.4) is 0 Å². The van der Waals surface area contributed by atoms with E-state index < -0.39 is 0 Å². The number of rotatable bonds is 2. The van der Waals surface area contributed by atoms with Crippen molar-refractivity contribution in [2.45, 2.75) is 45.6 Å². The minimum Gasteiger partial charge on any atom is -0.338 e. The van der Waals surface area contributed by atoms with E-state index in [-0.39, 0.29) is 18.1 Å². The third kappa shape index (κ3) is 4.51. The Morgan fingerprint density at radius 2 is 1.81 bits per heavy atom. The van der Waals surface area contributed by atoms with Crippen molar-refractivity contribution in [2.24, 2.45) is 5.92 Å². The zero-order valence-corrected chi connectivity index (χ0v) is 13.2. The first-order chi connectivity index (χ1) is 10.1. The summed E-state index contributed by atoms with van der Waals surface area (Å²) in [6.07, 6.45) is 4.22. The SMILES string of the molecule is CCNC(=O)N1CC[C@@H](NC(=O)N2CCC[C@H](C)CC2)C1. The number of hydrogen-bond donors (Lipinski definition) is 2. The summed E-state index contributed by atoms with van der Waals surface area (Å²) < 4.78 is 0. The minimum absolute atomic E-state index is 0.0298. The second-order valence-electron chi connectivity index (χ2n) is 6.24. The normalized spacial score (nSPS) is 26.4. The molecular weight excluding hydrogens is 268 g/mol. The summed E-state index contributed by atoms with van der Waals surface area (Å²) in [6, 6.07) is 0.0884. The summed E-state index contributed by atoms with van der Waals surface area (Å²) in [4.78, 5) is 27.8. The zero-order chi connectivity index (χ0) is 15.2. The van der Waals surface area contributed by atoms with Crippen LogP contribution in [0.5, 0.6) is 0 Å². The lowest BCUT2D eigenvalue weighted by Crippen LogP contribution is -2.47. The van der Waals surface area contributed by atoms with Gasteiger partial charge < -0.3 is 20.4 Å². The van der Waals surface area contributed by atoms with E-state index in [9.17, 15) is 9.59 Å². The molecule has 2 saturated heterocycles. The highest BCUT2D eigenvalue weighted by Gasteiger charge is 2.28. The third-order valence-corrected chi connectivity index (χ3v) is 4.44. The molecule has 2 heterocycles. The van der Waals surface area contributed by atoms with Crippen LogP contribution in [0.1, 0.15) is 39.5 Å². The average molecular weight is 296 g/mol. The molecule has 2 aliphatic heterocycles. The topological polar surface area (TPSA) is 64.7 Å². The summed E-state index contributed by atoms with van der Waals surface area (Å²) in [7, 11) is 0. The lowest BCUT2D eigenvalue weighted by Gasteiger charge is -2.24. The van der Waals surface area contributed by atoms with Gasteiger partial charge in [0.25, 0.3) is 0 Å². The molecule has 2 fully saturated rings. The van der Waals surface area contributed by atoms with Gasteiger partial charge in [0.1, 0.15) is 0 Å². The fraction of sp³-hybridized carbons (Fsp3) is 0.867. The summed E-state index contributed by atoms with van der Waals surface area (Å²) >= 11 is 0. The van der Waals surface area contributed by atoms with Crippen LogP contribution >= 0.6 is 0 Å². The van der Waals surface area contributed by atoms with Crippen molar-refractivity contribution in [1.82, 2.24) is 20.4 Å². The van der Waals surface area contributed by atoms with Crippen molar-refractivity contribution in [3.63, 3.8) is 0 Å². The Hall–Kier alpha value is -1.46. The molecule has 0 radical (unpaired) electrons. The summed E-state index contributed by atoms with van der Waals surface area (Å²) in [5, 5.41) is 5.89. The molecule has 21 heavy (non-hydrogen) atoms. The zero-order valence-electron chi connectivity index (χ0n) is 13.2. The second-order valence-corrected chi connectivity index (χ2v) is 6.24. The predicted molar refractivity (Wildman–Crippen MR) is 82.2 cm³/mol. The molecule has 0 bridgehead atoms. The second kappa shape index (κ2) is 7.52. The van der Waals surface area contributed by atoms with E-state index in [1.54, 1.807) is 4.90 Å². The van der Waals surface area contributed by atoms with Crippen LogP contribution in [0.2, 0.25) is 0 Å². The van der Waals surface area contributed by atoms with Gasteiger partial charge in [-0.2, -0.15) is 0 Å². The Morgan fingerprint density at radius 1 is 1.05 bits per heavy atom. The maximum atomic E-state index is 12.3. The monoisotopic (exact) mass is 296 g/mol. The van der Waals surface area contributed by atoms with Crippen LogP contribution in [0.25, 0.3) is 0 Å². The number of nitrogens with zero attached hydrogens (tertiary/aromatic N) is 2. The van der Waals surface area contributed by atoms with Gasteiger partial charge in [0, 0.05) is 38.8 Å². The van der Waals surface area contributed by atoms with Gasteiger partial charge >= 0.3 is 12.1 Å². The molecule has 2 N–H and O–H groups in total. The molecule has 0 aromatic carbocycles. The van der Waals surface area contributed by atoms with Crippen molar-refractivity contribution in [2.75, 3.05) is 32.7 Å². The first kappa shape index (κ1) is 15.9. The Morgan fingerprint density at radius 3 is 2.57 bits per heavy atom. The lowest BCUT2D eigenvalue weighted by molar-refractivity contribution is 0.193. The Balaban J connectivity index is 1.77. The minimum atomic E-state index is -0.0298. The largest absolute Gasteiger partial charge is 0.338 e. The highest BCUT2D eigenvalue weighted by molar-refractivity contribution is 5.76. The first-order valence-electron chi connectivity index (χ1n) is 8.18. The van der Waals surface area contributed by atoms with Crippen molar-refractivity contribution in [3.05, 3.63) is 0 Å². The summed E-state index contributed by atoms with van der Waals surface area (Å²) in [5.74, 6) is 0.711. The Bertz CT molecular complexity index is 375. The van der Waals surface area contributed by atoms with Gasteiger partial charge in [-0.3, -0.25) is 0 Å². The highest BCUT2D eigenvalue weighted by atomic mass is 16.2. The van der Waals surface area contributed by atoms with E-state index in [0.29, 0.717) is 25.6 Å². The molecular formula is C15H28N4O2. The number of carbonyl (C=O) groups excluding carboxylic acids is 2. The fourth-order valence-electron chi connectivity index (χ4n) is 3.06. The van der Waals surface area contributed by atoms with Gasteiger partial charge in [-0.1, -0.05) is 6.92 Å². The molecule has 0 aliphatic carbocycles. The van der Waals surface area contributed by atoms with Crippen molar-refractivity contribution in [3.8, 4) is 0 Å². The maximum absolute atomic E-state index is 12.3. The van der Waals surface area contributed by atoms with Gasteiger partial charge in [0.2, 0.25) is 0 Å². The fourth-order valence-corrected chi connectivity index (χ4v) is 3.06. The summed E-state index contributed by atoms with van der Waals surface area (Å²) in [6.45, 7) is 7.83. The lowest BCUT2D eigenvalue weighted by atomic mass is 10.0. The van der Waals surface area contributed by atoms with Crippen LogP contribution in [0.4, 0.5) is 9.59 Å². The molecule has 2 aliphatic rings. The average Bonchev–Trinajstić information content (AvgIpc) is 2.80. The first-order valence-corrected chi connectivity index (χ1v) is 8.18. The molecule has 4 amide bonds. The Kier molecular flexibility index (Phi) is 5.70. The number of hydrogen-bond acceptors (Lipinski definition) is 2. The van der Waals surface area contributed by atoms with Crippen LogP contribution < -0.4 is 10.6 Å². The number of amides is 4. The van der Waals surface area contributed by atoms with Crippen molar-refractivity contribution in [1.29, 1.82) is 0 Å². The quantitative estimate of drug-likeness (QED) is 0.813. The van der Waals surface area contributed by atoms with E-state index in [1.165, 1.54) is 6.42 Å². The molecule has 0 aromatic heterocycles. The van der Waals surface area contributed by atoms with Gasteiger partial charge in [-0.25, -0.2) is 9.59 Å². The molecule has 2 rings (SSSR count). The number of carbonyl (C=O) groups is 2. The molecule has 6 nitrogen and oxygen atoms in total. The molecule has 2 atom stereocenters. The molecule has 0 spiro atoms. The standard InChI is InChI=1S/C15H28N4O2/c1-3-16-14(20)19-10-7-13(11-19)17-15(21)18-8-4-5-12(2)6-9-18/h12-13H,3-11H2,1-2H3,(H,16,20)(H,17,21)/t12-,13+/m0/s1. The van der Waals surface area contributed by atoms with Gasteiger partial charge in [0.15, 0.2) is 0 Å². The van der Waals surface area contributed by atoms with E-state index in [2.05, 4.69) is 17.6 Å². The van der Waals surface area contributed by atoms with Crippen molar-refractivity contribution >= 4 is 12.1 Å². The highest BCUT2D eigenvalue weighted by Crippen LogP contribution is 2.17. The molecule has 0 aromatic rings. The van der Waals surface area contributed by atoms with Gasteiger partial charge in [-0.05, 0) is 38.5 Å². The van der Waals surface area contributed by atoms with Crippen LogP contribution in [0.15, 0.2) is 0 Å². The van der Waals surface area contributed by atoms with E-state index >= 15 is 0 Å². The van der Waals surface area contributed by atoms with Crippen LogP contribution in [-0.4, -0.2) is 60.6 Å². The maximum Gasteiger partial charge on any atom is 0.317 e. The van der Waals surface area contributed by atoms with Gasteiger partial charge in [0.05, 0.1) is 0 Å². The van der Waals surface area contributed by atoms with E-state index in [4.69, 9.17) is 0 Å². The van der Waals surface area contributed by atoms with Crippen molar-refractivity contribution < 1.29 is 9.59 Å². The number of nitrogens with one attached hydrogen (secondary N) is 2. The van der Waals surface area contributed by atoms with Gasteiger partial charge in [-0.15, -0.1) is 0 Å². The molecule has 0 unspecified atom stereocenters. The number of likely N-dealkylation sites (tertiary alicyclic amines) is 2. The smallest absolute Gasteiger partial charge is 0.317 e. The molecule has 120 valence electrons. The third-order valence-electron chi connectivity index (χ3n) is 4.44. The van der Waals surface area contributed by atoms with E-state index in [1.807, 2.05) is 11.8 Å². The Labute approximate surface area is 127 Å². The van der Waals surface area contributed by atoms with Crippen LogP contribution in [-0.2, 0) is 0 Å². The predicted octanol–water partition coefficient (Wildman–Crippen LogP) is 1.62. The van der Waals surface area contributed by atoms with Crippen LogP contribution in [0, 0.1) is 5.92 Å². The van der Waals surface area contributed by atoms with E-state index in [0.717, 1.165) is 32.4 Å². The molecule has 6 heteroatoms.